The first-order chi connectivity index (χ1) is 3.79. The van der Waals surface area contributed by atoms with Crippen LogP contribution >= 0.6 is 0 Å². The third kappa shape index (κ3) is 0.997. The van der Waals surface area contributed by atoms with Crippen LogP contribution in [-0.4, -0.2) is 0 Å². The highest BCUT2D eigenvalue weighted by Gasteiger charge is 1.78. The van der Waals surface area contributed by atoms with Crippen molar-refractivity contribution >= 4 is 0 Å². The molecular formula is C7H9N. The Hall–Kier alpha value is -0.980. The summed E-state index contributed by atoms with van der Waals surface area (Å²) >= 11 is 0. The van der Waals surface area contributed by atoms with Crippen LogP contribution in [0.2, 0.25) is 0 Å². The molecule has 0 aliphatic rings. The largest absolute Gasteiger partial charge is 0.339 e. The molecule has 0 saturated carbocycles. The molecule has 42 valence electrons. The molecule has 0 radical (unpaired) electrons. The first-order valence-electron chi connectivity index (χ1n) is 2.58. The van der Waals surface area contributed by atoms with Gasteiger partial charge in [0, 0.05) is 7.05 Å². The molecule has 0 unspecified atom stereocenters. The number of rotatable bonds is 0. The van der Waals surface area contributed by atoms with Gasteiger partial charge in [0.05, 0.1) is 12.4 Å². The van der Waals surface area contributed by atoms with Gasteiger partial charge in [0.2, 0.25) is 0 Å². The monoisotopic (exact) mass is 107 g/mol. The lowest BCUT2D eigenvalue weighted by Gasteiger charge is -1.93. The van der Waals surface area contributed by atoms with Gasteiger partial charge in [0.15, 0.2) is 0 Å². The van der Waals surface area contributed by atoms with E-state index in [1.54, 1.807) is 4.57 Å². The molecule has 1 aromatic heterocycles. The number of aromatic nitrogens is 1. The molecule has 0 aromatic carbocycles. The van der Waals surface area contributed by atoms with Gasteiger partial charge >= 0.3 is 0 Å². The van der Waals surface area contributed by atoms with E-state index in [0.717, 1.165) is 0 Å². The highest BCUT2D eigenvalue weighted by molar-refractivity contribution is 5.03. The van der Waals surface area contributed by atoms with E-state index < -0.39 is 0 Å². The van der Waals surface area contributed by atoms with Crippen LogP contribution in [0.15, 0.2) is 24.5 Å². The van der Waals surface area contributed by atoms with Gasteiger partial charge in [-0.3, -0.25) is 0 Å². The van der Waals surface area contributed by atoms with Crippen LogP contribution in [0.4, 0.5) is 0 Å². The number of aryl methyl sites for hydroxylation is 1. The van der Waals surface area contributed by atoms with E-state index in [-0.39, 0.29) is 0 Å². The van der Waals surface area contributed by atoms with Crippen molar-refractivity contribution in [3.05, 3.63) is 37.1 Å². The molecular weight excluding hydrogens is 98.1 g/mol. The highest BCUT2D eigenvalue weighted by atomic mass is 14.9. The molecule has 0 saturated heterocycles. The Morgan fingerprint density at radius 2 is 1.88 bits per heavy atom. The van der Waals surface area contributed by atoms with Crippen LogP contribution < -0.4 is 4.57 Å². The lowest BCUT2D eigenvalue weighted by molar-refractivity contribution is -0.612. The van der Waals surface area contributed by atoms with Crippen LogP contribution in [0.5, 0.6) is 0 Å². The molecule has 1 rings (SSSR count). The molecule has 0 aliphatic heterocycles. The van der Waals surface area contributed by atoms with Gasteiger partial charge in [-0.1, -0.05) is 17.7 Å². The molecule has 0 atom stereocenters. The van der Waals surface area contributed by atoms with Crippen molar-refractivity contribution in [3.63, 3.8) is 0 Å². The van der Waals surface area contributed by atoms with Crippen molar-refractivity contribution in [3.8, 4) is 0 Å². The zero-order valence-electron chi connectivity index (χ0n) is 4.96. The first kappa shape index (κ1) is 5.16. The van der Waals surface area contributed by atoms with Crippen molar-refractivity contribution in [2.45, 2.75) is 6.92 Å². The summed E-state index contributed by atoms with van der Waals surface area (Å²) in [4.78, 5) is 0. The summed E-state index contributed by atoms with van der Waals surface area (Å²) in [5.41, 5.74) is 1.27. The van der Waals surface area contributed by atoms with E-state index in [4.69, 9.17) is 0 Å². The SMILES string of the molecule is [CH2-][n+]1ccc(C)cc1. The van der Waals surface area contributed by atoms with E-state index in [2.05, 4.69) is 14.0 Å². The second-order valence-corrected chi connectivity index (χ2v) is 1.89. The normalized spacial score (nSPS) is 9.12. The fourth-order valence-corrected chi connectivity index (χ4v) is 0.532. The van der Waals surface area contributed by atoms with Gasteiger partial charge in [-0.05, 0) is 6.92 Å². The van der Waals surface area contributed by atoms with Crippen molar-refractivity contribution in [1.29, 1.82) is 0 Å². The maximum Gasteiger partial charge on any atom is 0.0692 e. The molecule has 0 aliphatic carbocycles. The number of hydrogen-bond acceptors (Lipinski definition) is 0. The molecule has 1 aromatic rings. The van der Waals surface area contributed by atoms with Crippen molar-refractivity contribution in [1.82, 2.24) is 0 Å². The molecule has 1 heteroatoms. The fourth-order valence-electron chi connectivity index (χ4n) is 0.532. The van der Waals surface area contributed by atoms with Crippen molar-refractivity contribution < 1.29 is 4.57 Å². The maximum atomic E-state index is 3.68. The summed E-state index contributed by atoms with van der Waals surface area (Å²) in [5, 5.41) is 0. The molecule has 1 heterocycles. The van der Waals surface area contributed by atoms with E-state index in [1.807, 2.05) is 24.5 Å². The lowest BCUT2D eigenvalue weighted by atomic mass is 10.3. The van der Waals surface area contributed by atoms with Gasteiger partial charge in [0.25, 0.3) is 0 Å². The quantitative estimate of drug-likeness (QED) is 0.343. The standard InChI is InChI=1S/C7H9N/c1-7-3-5-8(2)6-4-7/h3-6H,2H2,1H3. The van der Waals surface area contributed by atoms with Crippen LogP contribution in [0.3, 0.4) is 0 Å². The minimum absolute atomic E-state index is 1.27. The molecule has 0 N–H and O–H groups in total. The maximum absolute atomic E-state index is 3.68. The minimum Gasteiger partial charge on any atom is -0.339 e. The Labute approximate surface area is 49.6 Å². The molecule has 0 bridgehead atoms. The van der Waals surface area contributed by atoms with Gasteiger partial charge < -0.3 is 4.57 Å². The Balaban J connectivity index is 3.03. The number of nitrogens with zero attached hydrogens (tertiary/aromatic N) is 1. The predicted octanol–water partition coefficient (Wildman–Crippen LogP) is 0.922. The molecule has 0 fully saturated rings. The van der Waals surface area contributed by atoms with Gasteiger partial charge in [-0.15, -0.1) is 0 Å². The molecule has 0 spiro atoms. The van der Waals surface area contributed by atoms with Gasteiger partial charge in [-0.2, -0.15) is 0 Å². The smallest absolute Gasteiger partial charge is 0.0692 e. The third-order valence-electron chi connectivity index (χ3n) is 1.06. The van der Waals surface area contributed by atoms with E-state index in [0.29, 0.717) is 0 Å². The van der Waals surface area contributed by atoms with E-state index in [9.17, 15) is 0 Å². The second-order valence-electron chi connectivity index (χ2n) is 1.89. The zero-order chi connectivity index (χ0) is 5.98. The second kappa shape index (κ2) is 1.86. The van der Waals surface area contributed by atoms with Gasteiger partial charge in [-0.25, -0.2) is 0 Å². The number of hydrogen-bond donors (Lipinski definition) is 0. The van der Waals surface area contributed by atoms with Crippen LogP contribution in [0.25, 0.3) is 0 Å². The zero-order valence-corrected chi connectivity index (χ0v) is 4.96. The summed E-state index contributed by atoms with van der Waals surface area (Å²) in [6, 6.07) is 4.04. The van der Waals surface area contributed by atoms with E-state index >= 15 is 0 Å². The van der Waals surface area contributed by atoms with Crippen LogP contribution in [0.1, 0.15) is 5.56 Å². The molecule has 1 nitrogen and oxygen atoms in total. The van der Waals surface area contributed by atoms with Crippen molar-refractivity contribution in [2.24, 2.45) is 0 Å². The lowest BCUT2D eigenvalue weighted by Crippen LogP contribution is -2.22. The summed E-state index contributed by atoms with van der Waals surface area (Å²) in [5.74, 6) is 0. The van der Waals surface area contributed by atoms with Crippen LogP contribution in [-0.2, 0) is 0 Å². The number of pyridine rings is 1. The average Bonchev–Trinajstić information content (AvgIpc) is 1.77. The Kier molecular flexibility index (Phi) is 1.20. The average molecular weight is 107 g/mol. The summed E-state index contributed by atoms with van der Waals surface area (Å²) in [6.07, 6.45) is 3.85. The topological polar surface area (TPSA) is 3.88 Å². The molecule has 8 heavy (non-hydrogen) atoms. The Morgan fingerprint density at radius 1 is 1.38 bits per heavy atom. The third-order valence-corrected chi connectivity index (χ3v) is 1.06. The first-order valence-corrected chi connectivity index (χ1v) is 2.58. The predicted molar refractivity (Wildman–Crippen MR) is 32.1 cm³/mol. The highest BCUT2D eigenvalue weighted by Crippen LogP contribution is 1.87. The summed E-state index contributed by atoms with van der Waals surface area (Å²) in [7, 11) is 3.68. The molecule has 0 amide bonds. The Bertz CT molecular complexity index is 143. The fraction of sp³-hybridized carbons (Fsp3) is 0.143. The minimum atomic E-state index is 1.27. The van der Waals surface area contributed by atoms with E-state index in [1.165, 1.54) is 5.56 Å². The van der Waals surface area contributed by atoms with Crippen LogP contribution in [0, 0.1) is 14.0 Å². The van der Waals surface area contributed by atoms with Crippen molar-refractivity contribution in [2.75, 3.05) is 0 Å². The summed E-state index contributed by atoms with van der Waals surface area (Å²) in [6.45, 7) is 2.06. The van der Waals surface area contributed by atoms with Gasteiger partial charge in [0.1, 0.15) is 0 Å². The summed E-state index contributed by atoms with van der Waals surface area (Å²) < 4.78 is 1.77. The Morgan fingerprint density at radius 3 is 2.25 bits per heavy atom.